The quantitative estimate of drug-likeness (QED) is 0.756. The standard InChI is InChI=1S/C12H15NO/c1-2-12(8-9-13-11(12)14)10-6-4-3-5-7-10/h3-7H,2,8-9H2,1H3,(H,13,14)/t12-/m1/s1. The molecule has 1 fully saturated rings. The molecule has 0 bridgehead atoms. The van der Waals surface area contributed by atoms with Crippen LogP contribution >= 0.6 is 0 Å². The molecule has 2 heteroatoms. The monoisotopic (exact) mass is 189 g/mol. The normalized spacial score (nSPS) is 26.2. The van der Waals surface area contributed by atoms with E-state index in [0.29, 0.717) is 0 Å². The zero-order chi connectivity index (χ0) is 10.0. The van der Waals surface area contributed by atoms with Crippen molar-refractivity contribution in [3.63, 3.8) is 0 Å². The second-order valence-electron chi connectivity index (χ2n) is 3.81. The van der Waals surface area contributed by atoms with Crippen molar-refractivity contribution in [3.05, 3.63) is 35.9 Å². The molecular formula is C12H15NO. The zero-order valence-corrected chi connectivity index (χ0v) is 8.42. The fourth-order valence-corrected chi connectivity index (χ4v) is 2.25. The number of amides is 1. The summed E-state index contributed by atoms with van der Waals surface area (Å²) in [5.41, 5.74) is 0.888. The smallest absolute Gasteiger partial charge is 0.230 e. The van der Waals surface area contributed by atoms with Crippen LogP contribution in [0.4, 0.5) is 0 Å². The van der Waals surface area contributed by atoms with E-state index in [1.807, 2.05) is 18.2 Å². The summed E-state index contributed by atoms with van der Waals surface area (Å²) in [7, 11) is 0. The minimum absolute atomic E-state index is 0.186. The number of nitrogens with one attached hydrogen (secondary N) is 1. The van der Waals surface area contributed by atoms with Gasteiger partial charge in [-0.2, -0.15) is 0 Å². The van der Waals surface area contributed by atoms with Gasteiger partial charge in [-0.25, -0.2) is 0 Å². The van der Waals surface area contributed by atoms with Crippen LogP contribution in [-0.4, -0.2) is 12.5 Å². The van der Waals surface area contributed by atoms with Crippen LogP contribution in [0.3, 0.4) is 0 Å². The summed E-state index contributed by atoms with van der Waals surface area (Å²) >= 11 is 0. The molecule has 1 aromatic rings. The Balaban J connectivity index is 2.43. The Morgan fingerprint density at radius 2 is 2.07 bits per heavy atom. The Bertz CT molecular complexity index is 333. The minimum atomic E-state index is -0.263. The Kier molecular flexibility index (Phi) is 2.28. The first-order valence-corrected chi connectivity index (χ1v) is 5.13. The lowest BCUT2D eigenvalue weighted by atomic mass is 9.77. The predicted octanol–water partition coefficient (Wildman–Crippen LogP) is 1.85. The van der Waals surface area contributed by atoms with Crippen LogP contribution in [0.2, 0.25) is 0 Å². The van der Waals surface area contributed by atoms with Crippen LogP contribution < -0.4 is 5.32 Å². The van der Waals surface area contributed by atoms with E-state index in [1.54, 1.807) is 0 Å². The van der Waals surface area contributed by atoms with Crippen molar-refractivity contribution in [3.8, 4) is 0 Å². The van der Waals surface area contributed by atoms with Gasteiger partial charge >= 0.3 is 0 Å². The van der Waals surface area contributed by atoms with E-state index in [9.17, 15) is 4.79 Å². The van der Waals surface area contributed by atoms with E-state index in [1.165, 1.54) is 0 Å². The molecule has 0 radical (unpaired) electrons. The van der Waals surface area contributed by atoms with Crippen molar-refractivity contribution in [2.75, 3.05) is 6.54 Å². The number of carbonyl (C=O) groups excluding carboxylic acids is 1. The van der Waals surface area contributed by atoms with Gasteiger partial charge in [0.25, 0.3) is 0 Å². The highest BCUT2D eigenvalue weighted by Crippen LogP contribution is 2.34. The van der Waals surface area contributed by atoms with Crippen molar-refractivity contribution in [1.29, 1.82) is 0 Å². The van der Waals surface area contributed by atoms with E-state index in [-0.39, 0.29) is 11.3 Å². The van der Waals surface area contributed by atoms with Gasteiger partial charge in [0.05, 0.1) is 5.41 Å². The van der Waals surface area contributed by atoms with Gasteiger partial charge in [-0.15, -0.1) is 0 Å². The maximum atomic E-state index is 11.8. The molecule has 1 aliphatic rings. The first-order valence-electron chi connectivity index (χ1n) is 5.13. The second-order valence-corrected chi connectivity index (χ2v) is 3.81. The van der Waals surface area contributed by atoms with Gasteiger partial charge in [-0.05, 0) is 18.4 Å². The fraction of sp³-hybridized carbons (Fsp3) is 0.417. The first kappa shape index (κ1) is 9.25. The highest BCUT2D eigenvalue weighted by atomic mass is 16.2. The predicted molar refractivity (Wildman–Crippen MR) is 56.0 cm³/mol. The Hall–Kier alpha value is -1.31. The molecule has 0 aromatic heterocycles. The van der Waals surface area contributed by atoms with Gasteiger partial charge < -0.3 is 5.32 Å². The number of hydrogen-bond donors (Lipinski definition) is 1. The molecule has 14 heavy (non-hydrogen) atoms. The average Bonchev–Trinajstić information content (AvgIpc) is 2.62. The maximum absolute atomic E-state index is 11.8. The zero-order valence-electron chi connectivity index (χ0n) is 8.42. The largest absolute Gasteiger partial charge is 0.355 e. The molecule has 0 unspecified atom stereocenters. The Morgan fingerprint density at radius 1 is 1.36 bits per heavy atom. The summed E-state index contributed by atoms with van der Waals surface area (Å²) in [5.74, 6) is 0.186. The SMILES string of the molecule is CC[C@]1(c2ccccc2)CCNC1=O. The molecule has 2 nitrogen and oxygen atoms in total. The van der Waals surface area contributed by atoms with Crippen molar-refractivity contribution < 1.29 is 4.79 Å². The number of benzene rings is 1. The molecular weight excluding hydrogens is 174 g/mol. The van der Waals surface area contributed by atoms with Gasteiger partial charge in [0.15, 0.2) is 0 Å². The summed E-state index contributed by atoms with van der Waals surface area (Å²) in [6, 6.07) is 10.1. The molecule has 1 aliphatic heterocycles. The average molecular weight is 189 g/mol. The van der Waals surface area contributed by atoms with E-state index in [2.05, 4.69) is 24.4 Å². The molecule has 2 rings (SSSR count). The molecule has 1 aromatic carbocycles. The van der Waals surface area contributed by atoms with Gasteiger partial charge in [0, 0.05) is 6.54 Å². The van der Waals surface area contributed by atoms with Crippen LogP contribution in [-0.2, 0) is 10.2 Å². The van der Waals surface area contributed by atoms with Crippen LogP contribution in [0, 0.1) is 0 Å². The van der Waals surface area contributed by atoms with Crippen LogP contribution in [0.25, 0.3) is 0 Å². The third-order valence-electron chi connectivity index (χ3n) is 3.20. The van der Waals surface area contributed by atoms with Crippen molar-refractivity contribution in [1.82, 2.24) is 5.32 Å². The lowest BCUT2D eigenvalue weighted by molar-refractivity contribution is -0.124. The third kappa shape index (κ3) is 1.22. The molecule has 0 aliphatic carbocycles. The summed E-state index contributed by atoms with van der Waals surface area (Å²) in [6.45, 7) is 2.89. The summed E-state index contributed by atoms with van der Waals surface area (Å²) in [5, 5.41) is 2.92. The Labute approximate surface area is 84.3 Å². The molecule has 1 amide bonds. The van der Waals surface area contributed by atoms with E-state index < -0.39 is 0 Å². The molecule has 1 heterocycles. The lowest BCUT2D eigenvalue weighted by Crippen LogP contribution is -2.34. The summed E-state index contributed by atoms with van der Waals surface area (Å²) in [6.07, 6.45) is 1.80. The van der Waals surface area contributed by atoms with Crippen LogP contribution in [0.15, 0.2) is 30.3 Å². The number of rotatable bonds is 2. The Morgan fingerprint density at radius 3 is 2.57 bits per heavy atom. The molecule has 74 valence electrons. The third-order valence-corrected chi connectivity index (χ3v) is 3.20. The molecule has 1 N–H and O–H groups in total. The minimum Gasteiger partial charge on any atom is -0.355 e. The molecule has 0 saturated carbocycles. The van der Waals surface area contributed by atoms with Crippen LogP contribution in [0.1, 0.15) is 25.3 Å². The first-order chi connectivity index (χ1) is 6.79. The molecule has 1 saturated heterocycles. The second kappa shape index (κ2) is 3.45. The van der Waals surface area contributed by atoms with Gasteiger partial charge in [0.2, 0.25) is 5.91 Å². The van der Waals surface area contributed by atoms with Crippen molar-refractivity contribution >= 4 is 5.91 Å². The van der Waals surface area contributed by atoms with E-state index in [0.717, 1.165) is 24.9 Å². The topological polar surface area (TPSA) is 29.1 Å². The molecule has 1 atom stereocenters. The van der Waals surface area contributed by atoms with Crippen molar-refractivity contribution in [2.45, 2.75) is 25.2 Å². The van der Waals surface area contributed by atoms with Gasteiger partial charge in [-0.3, -0.25) is 4.79 Å². The lowest BCUT2D eigenvalue weighted by Gasteiger charge is -2.24. The summed E-state index contributed by atoms with van der Waals surface area (Å²) < 4.78 is 0. The fourth-order valence-electron chi connectivity index (χ4n) is 2.25. The highest BCUT2D eigenvalue weighted by Gasteiger charge is 2.41. The van der Waals surface area contributed by atoms with E-state index >= 15 is 0 Å². The summed E-state index contributed by atoms with van der Waals surface area (Å²) in [4.78, 5) is 11.8. The van der Waals surface area contributed by atoms with Crippen LogP contribution in [0.5, 0.6) is 0 Å². The van der Waals surface area contributed by atoms with Gasteiger partial charge in [-0.1, -0.05) is 37.3 Å². The van der Waals surface area contributed by atoms with E-state index in [4.69, 9.17) is 0 Å². The van der Waals surface area contributed by atoms with Gasteiger partial charge in [0.1, 0.15) is 0 Å². The highest BCUT2D eigenvalue weighted by molar-refractivity contribution is 5.90. The number of hydrogen-bond acceptors (Lipinski definition) is 1. The number of carbonyl (C=O) groups is 1. The maximum Gasteiger partial charge on any atom is 0.230 e. The van der Waals surface area contributed by atoms with Crippen molar-refractivity contribution in [2.24, 2.45) is 0 Å². The molecule has 0 spiro atoms.